The van der Waals surface area contributed by atoms with Gasteiger partial charge in [-0.05, 0) is 97.6 Å². The number of hydrogen-bond donors (Lipinski definition) is 2. The fourth-order valence-electron chi connectivity index (χ4n) is 4.46. The summed E-state index contributed by atoms with van der Waals surface area (Å²) in [4.78, 5) is 13.4. The van der Waals surface area contributed by atoms with Crippen molar-refractivity contribution >= 4 is 41.0 Å². The first-order valence-electron chi connectivity index (χ1n) is 12.6. The lowest BCUT2D eigenvalue weighted by atomic mass is 10.1. The number of hydrogen-bond acceptors (Lipinski definition) is 4. The fourth-order valence-corrected chi connectivity index (χ4v) is 5.57. The molecule has 0 radical (unpaired) electrons. The van der Waals surface area contributed by atoms with Gasteiger partial charge < -0.3 is 19.9 Å². The molecule has 194 valence electrons. The van der Waals surface area contributed by atoms with Gasteiger partial charge in [0.15, 0.2) is 5.50 Å². The standard InChI is InChI=1S/C31H30ClN3O2S/c1-4-22-7-11-26(12-8-22)33-31-34-30(36)29(38-31)18-24-17-20(2)35(21(24)3)27-13-15-28(16-14-27)37-19-23-5-9-25(32)10-6-23/h5-18,31,33H,4,19H2,1-3H3,(H,34,36)/b29-18-/t31-/m0/s1. The Bertz CT molecular complexity index is 1460. The highest BCUT2D eigenvalue weighted by Gasteiger charge is 2.27. The molecule has 7 heteroatoms. The van der Waals surface area contributed by atoms with Crippen molar-refractivity contribution in [1.82, 2.24) is 9.88 Å². The van der Waals surface area contributed by atoms with Crippen LogP contribution in [-0.2, 0) is 17.8 Å². The van der Waals surface area contributed by atoms with E-state index in [1.165, 1.54) is 17.3 Å². The topological polar surface area (TPSA) is 55.3 Å². The number of carbonyl (C=O) groups excluding carboxylic acids is 1. The Morgan fingerprint density at radius 3 is 2.37 bits per heavy atom. The van der Waals surface area contributed by atoms with E-state index in [4.69, 9.17) is 16.3 Å². The molecule has 1 amide bonds. The fraction of sp³-hybridized carbons (Fsp3) is 0.194. The maximum atomic E-state index is 12.7. The highest BCUT2D eigenvalue weighted by molar-refractivity contribution is 8.05. The van der Waals surface area contributed by atoms with Crippen LogP contribution in [0.1, 0.15) is 35.0 Å². The first kappa shape index (κ1) is 26.0. The largest absolute Gasteiger partial charge is 0.489 e. The highest BCUT2D eigenvalue weighted by Crippen LogP contribution is 2.32. The van der Waals surface area contributed by atoms with Gasteiger partial charge >= 0.3 is 0 Å². The summed E-state index contributed by atoms with van der Waals surface area (Å²) in [6, 6.07) is 26.1. The molecule has 5 nitrogen and oxygen atoms in total. The third-order valence-electron chi connectivity index (χ3n) is 6.56. The molecule has 0 saturated carbocycles. The van der Waals surface area contributed by atoms with Gasteiger partial charge in [-0.25, -0.2) is 0 Å². The number of carbonyl (C=O) groups is 1. The molecule has 0 bridgehead atoms. The van der Waals surface area contributed by atoms with Crippen molar-refractivity contribution in [2.45, 2.75) is 39.3 Å². The van der Waals surface area contributed by atoms with E-state index in [1.807, 2.05) is 42.5 Å². The molecule has 0 aliphatic carbocycles. The molecule has 2 N–H and O–H groups in total. The van der Waals surface area contributed by atoms with Crippen molar-refractivity contribution < 1.29 is 9.53 Å². The molecule has 2 heterocycles. The molecule has 0 spiro atoms. The van der Waals surface area contributed by atoms with Crippen LogP contribution in [0.4, 0.5) is 5.69 Å². The van der Waals surface area contributed by atoms with Crippen LogP contribution in [0.3, 0.4) is 0 Å². The van der Waals surface area contributed by atoms with Crippen molar-refractivity contribution in [3.63, 3.8) is 0 Å². The van der Waals surface area contributed by atoms with Gasteiger partial charge in [0.2, 0.25) is 0 Å². The molecular weight excluding hydrogens is 514 g/mol. The van der Waals surface area contributed by atoms with Crippen molar-refractivity contribution in [2.24, 2.45) is 0 Å². The van der Waals surface area contributed by atoms with Crippen LogP contribution in [0.5, 0.6) is 5.75 Å². The van der Waals surface area contributed by atoms with E-state index in [0.717, 1.165) is 46.1 Å². The minimum Gasteiger partial charge on any atom is -0.489 e. The Morgan fingerprint density at radius 1 is 1.00 bits per heavy atom. The summed E-state index contributed by atoms with van der Waals surface area (Å²) < 4.78 is 8.13. The van der Waals surface area contributed by atoms with Crippen LogP contribution < -0.4 is 15.4 Å². The van der Waals surface area contributed by atoms with Crippen LogP contribution in [0, 0.1) is 13.8 Å². The third kappa shape index (κ3) is 5.93. The molecule has 1 atom stereocenters. The van der Waals surface area contributed by atoms with Crippen molar-refractivity contribution in [1.29, 1.82) is 0 Å². The Labute approximate surface area is 232 Å². The van der Waals surface area contributed by atoms with E-state index in [2.05, 4.69) is 78.4 Å². The summed E-state index contributed by atoms with van der Waals surface area (Å²) in [7, 11) is 0. The van der Waals surface area contributed by atoms with Crippen LogP contribution in [0.2, 0.25) is 5.02 Å². The number of rotatable bonds is 8. The Hall–Kier alpha value is -3.61. The average Bonchev–Trinajstić information content (AvgIpc) is 3.41. The Balaban J connectivity index is 1.27. The number of aryl methyl sites for hydroxylation is 2. The van der Waals surface area contributed by atoms with Crippen molar-refractivity contribution in [2.75, 3.05) is 5.32 Å². The number of aromatic nitrogens is 1. The normalized spacial score (nSPS) is 16.1. The van der Waals surface area contributed by atoms with Gasteiger partial charge in [0.25, 0.3) is 5.91 Å². The number of anilines is 1. The highest BCUT2D eigenvalue weighted by atomic mass is 35.5. The van der Waals surface area contributed by atoms with E-state index in [0.29, 0.717) is 16.5 Å². The molecule has 5 rings (SSSR count). The third-order valence-corrected chi connectivity index (χ3v) is 7.84. The minimum atomic E-state index is -0.204. The lowest BCUT2D eigenvalue weighted by molar-refractivity contribution is -0.116. The van der Waals surface area contributed by atoms with Crippen LogP contribution in [-0.4, -0.2) is 16.0 Å². The second-order valence-electron chi connectivity index (χ2n) is 9.25. The smallest absolute Gasteiger partial charge is 0.260 e. The van der Waals surface area contributed by atoms with E-state index in [9.17, 15) is 4.79 Å². The van der Waals surface area contributed by atoms with Crippen molar-refractivity contribution in [3.05, 3.63) is 117 Å². The summed E-state index contributed by atoms with van der Waals surface area (Å²) in [6.45, 7) is 6.77. The zero-order valence-electron chi connectivity index (χ0n) is 21.6. The Morgan fingerprint density at radius 2 is 1.68 bits per heavy atom. The van der Waals surface area contributed by atoms with Gasteiger partial charge in [0.1, 0.15) is 12.4 Å². The van der Waals surface area contributed by atoms with Gasteiger partial charge in [0, 0.05) is 27.8 Å². The molecule has 4 aromatic rings. The van der Waals surface area contributed by atoms with Crippen LogP contribution >= 0.6 is 23.4 Å². The van der Waals surface area contributed by atoms with Gasteiger partial charge in [-0.1, -0.05) is 54.6 Å². The summed E-state index contributed by atoms with van der Waals surface area (Å²) in [5.74, 6) is 0.736. The zero-order valence-corrected chi connectivity index (χ0v) is 23.2. The number of thioether (sulfide) groups is 1. The second-order valence-corrected chi connectivity index (χ2v) is 10.8. The second kappa shape index (κ2) is 11.4. The maximum absolute atomic E-state index is 12.7. The van der Waals surface area contributed by atoms with E-state index in [-0.39, 0.29) is 11.4 Å². The summed E-state index contributed by atoms with van der Waals surface area (Å²) in [6.07, 6.45) is 2.98. The SMILES string of the molecule is CCc1ccc(N[C@H]2NC(=O)/C(=C/c3cc(C)n(-c4ccc(OCc5ccc(Cl)cc5)cc4)c3C)S2)cc1. The number of ether oxygens (including phenoxy) is 1. The van der Waals surface area contributed by atoms with E-state index < -0.39 is 0 Å². The van der Waals surface area contributed by atoms with Gasteiger partial charge in [0.05, 0.1) is 4.91 Å². The Kier molecular flexibility index (Phi) is 7.82. The summed E-state index contributed by atoms with van der Waals surface area (Å²) in [5.41, 5.74) is 7.37. The molecule has 38 heavy (non-hydrogen) atoms. The number of nitrogens with one attached hydrogen (secondary N) is 2. The first-order chi connectivity index (χ1) is 18.4. The van der Waals surface area contributed by atoms with E-state index >= 15 is 0 Å². The first-order valence-corrected chi connectivity index (χ1v) is 13.9. The number of benzene rings is 3. The molecule has 1 fully saturated rings. The van der Waals surface area contributed by atoms with Crippen LogP contribution in [0.15, 0.2) is 83.8 Å². The molecule has 1 aromatic heterocycles. The lowest BCUT2D eigenvalue weighted by Crippen LogP contribution is -2.30. The average molecular weight is 544 g/mol. The predicted molar refractivity (Wildman–Crippen MR) is 158 cm³/mol. The molecule has 1 saturated heterocycles. The van der Waals surface area contributed by atoms with Crippen LogP contribution in [0.25, 0.3) is 11.8 Å². The molecule has 0 unspecified atom stereocenters. The monoisotopic (exact) mass is 543 g/mol. The summed E-state index contributed by atoms with van der Waals surface area (Å²) in [5, 5.41) is 7.13. The molecule has 1 aliphatic heterocycles. The molecule has 1 aliphatic rings. The molecular formula is C31H30ClN3O2S. The van der Waals surface area contributed by atoms with Crippen molar-refractivity contribution in [3.8, 4) is 11.4 Å². The maximum Gasteiger partial charge on any atom is 0.260 e. The predicted octanol–water partition coefficient (Wildman–Crippen LogP) is 7.49. The lowest BCUT2D eigenvalue weighted by Gasteiger charge is -2.13. The van der Waals surface area contributed by atoms with Gasteiger partial charge in [-0.3, -0.25) is 4.79 Å². The van der Waals surface area contributed by atoms with Gasteiger partial charge in [-0.2, -0.15) is 0 Å². The number of amides is 1. The summed E-state index contributed by atoms with van der Waals surface area (Å²) >= 11 is 7.46. The minimum absolute atomic E-state index is 0.0651. The van der Waals surface area contributed by atoms with E-state index in [1.54, 1.807) is 0 Å². The number of halogens is 1. The zero-order chi connectivity index (χ0) is 26.6. The van der Waals surface area contributed by atoms with Gasteiger partial charge in [-0.15, -0.1) is 0 Å². The quantitative estimate of drug-likeness (QED) is 0.226. The molecule has 3 aromatic carbocycles. The number of nitrogens with zero attached hydrogens (tertiary/aromatic N) is 1.